The minimum Gasteiger partial charge on any atom is -0.496 e. The van der Waals surface area contributed by atoms with Crippen LogP contribution in [0.2, 0.25) is 0 Å². The lowest BCUT2D eigenvalue weighted by molar-refractivity contribution is 0.0527. The Hall–Kier alpha value is -11.4. The van der Waals surface area contributed by atoms with Crippen molar-refractivity contribution in [1.29, 1.82) is 0 Å². The average molecular weight is 1520 g/mol. The maximum atomic E-state index is 12.9. The zero-order chi connectivity index (χ0) is 80.0. The molecule has 0 atom stereocenters. The van der Waals surface area contributed by atoms with E-state index in [1.807, 2.05) is 102 Å². The lowest BCUT2D eigenvalue weighted by atomic mass is 9.81. The molecule has 0 saturated heterocycles. The van der Waals surface area contributed by atoms with Crippen molar-refractivity contribution in [2.75, 3.05) is 34.4 Å². The van der Waals surface area contributed by atoms with Crippen LogP contribution in [0.3, 0.4) is 0 Å². The molecule has 12 rings (SSSR count). The maximum absolute atomic E-state index is 12.9. The smallest absolute Gasteiger partial charge is 0.407 e. The number of azide groups is 1. The highest BCUT2D eigenvalue weighted by molar-refractivity contribution is 5.68. The van der Waals surface area contributed by atoms with Crippen LogP contribution >= 0.6 is 0 Å². The van der Waals surface area contributed by atoms with Crippen LogP contribution in [-0.2, 0) is 113 Å². The normalized spacial score (nSPS) is 12.7. The van der Waals surface area contributed by atoms with Gasteiger partial charge >= 0.3 is 6.09 Å². The number of nitrogens with zero attached hydrogens (tertiary/aromatic N) is 15. The summed E-state index contributed by atoms with van der Waals surface area (Å²) in [5, 5.41) is 26.0. The summed E-state index contributed by atoms with van der Waals surface area (Å²) in [5.74, 6) is 6.02. The summed E-state index contributed by atoms with van der Waals surface area (Å²) in [7, 11) is 11.0. The molecule has 0 radical (unpaired) electrons. The van der Waals surface area contributed by atoms with Crippen molar-refractivity contribution in [2.24, 2.45) is 32.0 Å². The van der Waals surface area contributed by atoms with Crippen molar-refractivity contribution in [2.45, 2.75) is 189 Å². The lowest BCUT2D eigenvalue weighted by Crippen LogP contribution is -2.33. The molecule has 1 aliphatic rings. The number of methoxy groups -OCH3 is 3. The topological polar surface area (TPSA) is 283 Å². The van der Waals surface area contributed by atoms with Crippen LogP contribution in [0, 0.1) is 0 Å². The highest BCUT2D eigenvalue weighted by Crippen LogP contribution is 2.46. The Morgan fingerprint density at radius 2 is 0.786 bits per heavy atom. The summed E-state index contributed by atoms with van der Waals surface area (Å²) in [5.41, 5.74) is 31.8. The van der Waals surface area contributed by atoms with Gasteiger partial charge in [0.15, 0.2) is 0 Å². The molecule has 25 heteroatoms. The molecule has 0 saturated carbocycles. The third kappa shape index (κ3) is 18.6. The second-order valence-corrected chi connectivity index (χ2v) is 33.2. The van der Waals surface area contributed by atoms with Crippen molar-refractivity contribution in [3.63, 3.8) is 0 Å². The van der Waals surface area contributed by atoms with Crippen LogP contribution < -0.4 is 39.5 Å². The van der Waals surface area contributed by atoms with E-state index >= 15 is 0 Å². The zero-order valence-corrected chi connectivity index (χ0v) is 68.2. The number of alkyl carbamates (subject to hydrolysis) is 1. The highest BCUT2D eigenvalue weighted by atomic mass is 16.6. The summed E-state index contributed by atoms with van der Waals surface area (Å²) >= 11 is 0. The predicted octanol–water partition coefficient (Wildman–Crippen LogP) is 15.9. The van der Waals surface area contributed by atoms with Gasteiger partial charge in [-0.25, -0.2) is 29.1 Å². The number of aromatic nitrogens is 12. The first-order valence-electron chi connectivity index (χ1n) is 38.3. The first kappa shape index (κ1) is 80.1. The minimum atomic E-state index is -0.658. The average Bonchev–Trinajstić information content (AvgIpc) is 1.74. The van der Waals surface area contributed by atoms with Gasteiger partial charge in [-0.2, -0.15) is 0 Å². The van der Waals surface area contributed by atoms with Gasteiger partial charge in [-0.05, 0) is 172 Å². The molecule has 1 aliphatic carbocycles. The Morgan fingerprint density at radius 1 is 0.473 bits per heavy atom. The van der Waals surface area contributed by atoms with E-state index in [1.54, 1.807) is 46.1 Å². The van der Waals surface area contributed by atoms with E-state index in [0.29, 0.717) is 104 Å². The number of carbonyl (C=O) groups is 1. The van der Waals surface area contributed by atoms with Gasteiger partial charge in [0.2, 0.25) is 0 Å². The molecule has 0 aliphatic heterocycles. The standard InChI is InChI=1S/C87H107N17O8/c1-84(2,3)66-37-54-31-60-43-69(96-97-89)44-61(77(60)106-16)32-55-38-67(85(4,5)6)40-57(81(55)110-52-75-91-26-29-101(75)14)34-64-47-73(104-71(50-95-99-104)22-20-24-93-83(105)112-87(10,11)12)48-65(79(64)108-18)36-59-42-68(86(7,8)9)41-58(82(59)111-53-76-92-27-30-102(76)15)35-63-46-72(103-70(21-19-23-88)49-94-98-103)45-62(78(63)107-17)33-56(39-66)80(54)109-51-74-90-25-28-100(74)13/h25-30,37-50H,19-24,31-36,51-53,88H2,1-18H3,(H,93,105). The number of imidazole rings is 3. The Bertz CT molecular complexity index is 5240. The van der Waals surface area contributed by atoms with Gasteiger partial charge in [0, 0.05) is 136 Å². The van der Waals surface area contributed by atoms with Crippen molar-refractivity contribution in [3.05, 3.63) is 245 Å². The summed E-state index contributed by atoms with van der Waals surface area (Å²) in [6.07, 6.45) is 18.4. The highest BCUT2D eigenvalue weighted by Gasteiger charge is 2.31. The largest absolute Gasteiger partial charge is 0.496 e. The summed E-state index contributed by atoms with van der Waals surface area (Å²) < 4.78 is 57.8. The van der Waals surface area contributed by atoms with Crippen LogP contribution in [0.1, 0.15) is 208 Å². The number of carbonyl (C=O) groups excluding carboxylic acids is 1. The monoisotopic (exact) mass is 1520 g/mol. The number of ether oxygens (including phenoxy) is 7. The molecule has 6 aromatic carbocycles. The number of rotatable bonds is 22. The number of benzene rings is 6. The first-order valence-corrected chi connectivity index (χ1v) is 38.3. The molecular weight excluding hydrogens is 1410 g/mol. The molecule has 3 N–H and O–H groups in total. The first-order chi connectivity index (χ1) is 53.4. The fraction of sp³-hybridized carbons (Fsp3) is 0.425. The molecule has 112 heavy (non-hydrogen) atoms. The van der Waals surface area contributed by atoms with E-state index < -0.39 is 17.1 Å². The van der Waals surface area contributed by atoms with Crippen LogP contribution in [0.25, 0.3) is 21.8 Å². The molecule has 1 amide bonds. The van der Waals surface area contributed by atoms with Crippen molar-refractivity contribution in [3.8, 4) is 45.9 Å². The summed E-state index contributed by atoms with van der Waals surface area (Å²) in [6.45, 7) is 26.8. The molecule has 0 spiro atoms. The summed E-state index contributed by atoms with van der Waals surface area (Å²) in [4.78, 5) is 30.7. The van der Waals surface area contributed by atoms with Gasteiger partial charge < -0.3 is 57.9 Å². The second kappa shape index (κ2) is 33.6. The number of amides is 1. The Balaban J connectivity index is 1.18. The number of nitrogens with two attached hydrogens (primary N) is 1. The van der Waals surface area contributed by atoms with Gasteiger partial charge in [0.25, 0.3) is 0 Å². The quantitative estimate of drug-likeness (QED) is 0.0276. The third-order valence-corrected chi connectivity index (χ3v) is 20.5. The molecule has 25 nitrogen and oxygen atoms in total. The van der Waals surface area contributed by atoms with Gasteiger partial charge in [0.1, 0.15) is 77.4 Å². The van der Waals surface area contributed by atoms with E-state index in [1.165, 1.54) is 0 Å². The number of aryl methyl sites for hydroxylation is 5. The van der Waals surface area contributed by atoms with Crippen LogP contribution in [0.5, 0.6) is 34.5 Å². The summed E-state index contributed by atoms with van der Waals surface area (Å²) in [6, 6.07) is 25.9. The van der Waals surface area contributed by atoms with E-state index in [4.69, 9.17) is 64.3 Å². The number of hydrogen-bond acceptors (Lipinski definition) is 17. The van der Waals surface area contributed by atoms with Gasteiger partial charge in [-0.15, -0.1) is 10.2 Å². The van der Waals surface area contributed by atoms with Gasteiger partial charge in [0.05, 0.1) is 56.5 Å². The van der Waals surface area contributed by atoms with E-state index in [2.05, 4.69) is 149 Å². The van der Waals surface area contributed by atoms with Crippen molar-refractivity contribution < 1.29 is 38.0 Å². The van der Waals surface area contributed by atoms with E-state index in [0.717, 1.165) is 124 Å². The second-order valence-electron chi connectivity index (χ2n) is 33.2. The lowest BCUT2D eigenvalue weighted by Gasteiger charge is -2.27. The van der Waals surface area contributed by atoms with Crippen molar-refractivity contribution >= 4 is 11.8 Å². The van der Waals surface area contributed by atoms with Gasteiger partial charge in [-0.3, -0.25) is 0 Å². The molecule has 11 aromatic rings. The number of nitrogens with one attached hydrogen (secondary N) is 1. The molecule has 12 bridgehead atoms. The SMILES string of the molecule is COc1c2cc(N=[N+]=[N-])cc1Cc1cc(C(C)(C)C)cc(c1OCc1nccn1C)Cc1cc(-n3nncc3CCCNC(=O)OC(C)(C)C)cc(c1OC)Cc1cc(C(C)(C)C)cc(c1OCc1nccn1C)Cc1cc(-n3nncc3CCCN)cc(c1OC)Cc1cc(C(C)(C)C)cc(c1OCc1nccn1C)C2. The van der Waals surface area contributed by atoms with Crippen LogP contribution in [0.4, 0.5) is 10.5 Å². The van der Waals surface area contributed by atoms with Crippen LogP contribution in [0.15, 0.2) is 127 Å². The van der Waals surface area contributed by atoms with Gasteiger partial charge in [-0.1, -0.05) is 114 Å². The number of hydrogen-bond donors (Lipinski definition) is 2. The zero-order valence-electron chi connectivity index (χ0n) is 68.2. The maximum Gasteiger partial charge on any atom is 0.407 e. The fourth-order valence-electron chi connectivity index (χ4n) is 14.6. The fourth-order valence-corrected chi connectivity index (χ4v) is 14.6. The Morgan fingerprint density at radius 3 is 1.06 bits per heavy atom. The molecule has 5 aromatic heterocycles. The molecule has 5 heterocycles. The van der Waals surface area contributed by atoms with E-state index in [-0.39, 0.29) is 43.5 Å². The number of fused-ring (bicyclic) bond motifs is 12. The Labute approximate surface area is 656 Å². The third-order valence-electron chi connectivity index (χ3n) is 20.5. The minimum absolute atomic E-state index is 0.126. The molecule has 588 valence electrons. The van der Waals surface area contributed by atoms with Crippen molar-refractivity contribution in [1.82, 2.24) is 64.0 Å². The van der Waals surface area contributed by atoms with E-state index in [9.17, 15) is 10.3 Å². The Kier molecular flexibility index (Phi) is 24.1. The molecule has 0 fully saturated rings. The predicted molar refractivity (Wildman–Crippen MR) is 432 cm³/mol. The molecular formula is C87H107N17O8. The molecule has 0 unspecified atom stereocenters. The van der Waals surface area contributed by atoms with Crippen LogP contribution in [-0.4, -0.2) is 105 Å².